The highest BCUT2D eigenvalue weighted by molar-refractivity contribution is 5.70. The van der Waals surface area contributed by atoms with E-state index >= 15 is 0 Å². The van der Waals surface area contributed by atoms with Crippen molar-refractivity contribution in [3.8, 4) is 0 Å². The molecule has 10 heteroatoms. The number of rotatable bonds is 12. The second-order valence-corrected chi connectivity index (χ2v) is 13.5. The van der Waals surface area contributed by atoms with Crippen LogP contribution >= 0.6 is 0 Å². The molecule has 0 radical (unpaired) electrons. The molecule has 0 saturated heterocycles. The summed E-state index contributed by atoms with van der Waals surface area (Å²) in [5.74, 6) is -1.97. The summed E-state index contributed by atoms with van der Waals surface area (Å²) >= 11 is 0. The minimum Gasteiger partial charge on any atom is -0.466 e. The topological polar surface area (TPSA) is 108 Å². The number of hydrogen-bond acceptors (Lipinski definition) is 10. The van der Waals surface area contributed by atoms with Gasteiger partial charge in [0.25, 0.3) is 0 Å². The Kier molecular flexibility index (Phi) is 16.3. The van der Waals surface area contributed by atoms with Gasteiger partial charge in [-0.15, -0.1) is 0 Å². The molecule has 0 spiro atoms. The maximum Gasteiger partial charge on any atom is 0.345 e. The lowest BCUT2D eigenvalue weighted by atomic mass is 9.84. The summed E-state index contributed by atoms with van der Waals surface area (Å²) in [6.07, 6.45) is 1.15. The van der Waals surface area contributed by atoms with E-state index in [4.69, 9.17) is 29.2 Å². The standard InChI is InChI=1S/C14H28O6.C13H26O4/c1-9-16-11(15)10-14(8,19-17-12(2,3)4)20-18-13(5,6)7;1-10(9-12(2,3)4)8-11(14)15-17-16-13(5,6)7/h9-10H2,1-8H3;10H,8-9H2,1-7H3. The lowest BCUT2D eigenvalue weighted by molar-refractivity contribution is -0.535. The van der Waals surface area contributed by atoms with Crippen molar-refractivity contribution in [2.75, 3.05) is 6.61 Å². The molecule has 1 unspecified atom stereocenters. The van der Waals surface area contributed by atoms with E-state index in [2.05, 4.69) is 30.7 Å². The Bertz CT molecular complexity index is 630. The van der Waals surface area contributed by atoms with Crippen LogP contribution in [0, 0.1) is 11.3 Å². The third-order valence-electron chi connectivity index (χ3n) is 3.59. The first-order chi connectivity index (χ1) is 16.4. The molecule has 0 aromatic heterocycles. The summed E-state index contributed by atoms with van der Waals surface area (Å²) in [4.78, 5) is 53.4. The van der Waals surface area contributed by atoms with Crippen LogP contribution in [0.5, 0.6) is 0 Å². The van der Waals surface area contributed by atoms with E-state index in [-0.39, 0.29) is 24.4 Å². The highest BCUT2D eigenvalue weighted by atomic mass is 17.5. The summed E-state index contributed by atoms with van der Waals surface area (Å²) in [5.41, 5.74) is -1.36. The first-order valence-electron chi connectivity index (χ1n) is 12.8. The van der Waals surface area contributed by atoms with E-state index in [0.717, 1.165) is 6.42 Å². The highest BCUT2D eigenvalue weighted by Crippen LogP contribution is 2.26. The summed E-state index contributed by atoms with van der Waals surface area (Å²) in [6, 6.07) is 0. The third-order valence-corrected chi connectivity index (χ3v) is 3.59. The predicted octanol–water partition coefficient (Wildman–Crippen LogP) is 6.80. The van der Waals surface area contributed by atoms with Crippen LogP contribution in [0.4, 0.5) is 0 Å². The molecule has 0 aromatic rings. The molecule has 0 amide bonds. The molecule has 0 heterocycles. The summed E-state index contributed by atoms with van der Waals surface area (Å²) in [7, 11) is 0. The van der Waals surface area contributed by atoms with Gasteiger partial charge in [-0.2, -0.15) is 14.7 Å². The van der Waals surface area contributed by atoms with E-state index in [0.29, 0.717) is 6.42 Å². The second kappa shape index (κ2) is 16.0. The van der Waals surface area contributed by atoms with Gasteiger partial charge in [-0.1, -0.05) is 27.7 Å². The monoisotopic (exact) mass is 538 g/mol. The van der Waals surface area contributed by atoms with Crippen LogP contribution in [0.2, 0.25) is 0 Å². The molecule has 0 aliphatic heterocycles. The van der Waals surface area contributed by atoms with Crippen molar-refractivity contribution in [2.24, 2.45) is 11.3 Å². The van der Waals surface area contributed by atoms with Crippen molar-refractivity contribution < 1.29 is 48.7 Å². The predicted molar refractivity (Wildman–Crippen MR) is 139 cm³/mol. The molecule has 0 fully saturated rings. The van der Waals surface area contributed by atoms with Crippen molar-refractivity contribution in [1.82, 2.24) is 0 Å². The molecule has 1 atom stereocenters. The Morgan fingerprint density at radius 3 is 1.43 bits per heavy atom. The molecule has 0 aliphatic rings. The largest absolute Gasteiger partial charge is 0.466 e. The van der Waals surface area contributed by atoms with Crippen LogP contribution in [-0.2, 0) is 48.7 Å². The van der Waals surface area contributed by atoms with Gasteiger partial charge in [0.05, 0.1) is 29.8 Å². The molecular formula is C27H54O10. The Balaban J connectivity index is 0. The van der Waals surface area contributed by atoms with Gasteiger partial charge >= 0.3 is 11.9 Å². The fourth-order valence-corrected chi connectivity index (χ4v) is 2.57. The Morgan fingerprint density at radius 1 is 0.649 bits per heavy atom. The zero-order chi connectivity index (χ0) is 29.7. The first-order valence-corrected chi connectivity index (χ1v) is 12.8. The van der Waals surface area contributed by atoms with Crippen molar-refractivity contribution in [1.29, 1.82) is 0 Å². The first kappa shape index (κ1) is 37.9. The maximum atomic E-state index is 11.6. The zero-order valence-corrected chi connectivity index (χ0v) is 26.0. The van der Waals surface area contributed by atoms with Gasteiger partial charge in [0.1, 0.15) is 6.42 Å². The van der Waals surface area contributed by atoms with Gasteiger partial charge in [-0.3, -0.25) is 9.68 Å². The molecule has 10 nitrogen and oxygen atoms in total. The molecule has 0 bridgehead atoms. The van der Waals surface area contributed by atoms with Gasteiger partial charge in [-0.05, 0) is 99.0 Å². The van der Waals surface area contributed by atoms with Crippen LogP contribution in [-0.4, -0.2) is 41.1 Å². The van der Waals surface area contributed by atoms with Crippen LogP contribution < -0.4 is 0 Å². The van der Waals surface area contributed by atoms with Crippen molar-refractivity contribution >= 4 is 11.9 Å². The highest BCUT2D eigenvalue weighted by Gasteiger charge is 2.37. The van der Waals surface area contributed by atoms with Crippen LogP contribution in [0.1, 0.15) is 123 Å². The van der Waals surface area contributed by atoms with E-state index in [1.165, 1.54) is 0 Å². The summed E-state index contributed by atoms with van der Waals surface area (Å²) in [5, 5.41) is 4.44. The fraction of sp³-hybridized carbons (Fsp3) is 0.926. The molecule has 0 rings (SSSR count). The van der Waals surface area contributed by atoms with E-state index in [1.54, 1.807) is 13.8 Å². The molecule has 222 valence electrons. The minimum absolute atomic E-state index is 0.146. The summed E-state index contributed by atoms with van der Waals surface area (Å²) in [6.45, 7) is 28.4. The number of ether oxygens (including phenoxy) is 1. The van der Waals surface area contributed by atoms with Gasteiger partial charge in [0, 0.05) is 0 Å². The quantitative estimate of drug-likeness (QED) is 0.114. The average molecular weight is 539 g/mol. The van der Waals surface area contributed by atoms with Gasteiger partial charge in [-0.25, -0.2) is 14.6 Å². The van der Waals surface area contributed by atoms with Gasteiger partial charge < -0.3 is 4.74 Å². The minimum atomic E-state index is -1.38. The lowest BCUT2D eigenvalue weighted by Gasteiger charge is -2.32. The van der Waals surface area contributed by atoms with E-state index < -0.39 is 34.5 Å². The molecule has 0 aromatic carbocycles. The van der Waals surface area contributed by atoms with E-state index in [1.807, 2.05) is 69.2 Å². The van der Waals surface area contributed by atoms with Crippen LogP contribution in [0.3, 0.4) is 0 Å². The van der Waals surface area contributed by atoms with Crippen LogP contribution in [0.15, 0.2) is 0 Å². The zero-order valence-electron chi connectivity index (χ0n) is 26.0. The Labute approximate surface area is 224 Å². The van der Waals surface area contributed by atoms with Gasteiger partial charge in [0.2, 0.25) is 5.79 Å². The third kappa shape index (κ3) is 27.5. The average Bonchev–Trinajstić information content (AvgIpc) is 2.62. The smallest absolute Gasteiger partial charge is 0.345 e. The van der Waals surface area contributed by atoms with Crippen molar-refractivity contribution in [3.63, 3.8) is 0 Å². The van der Waals surface area contributed by atoms with Crippen molar-refractivity contribution in [3.05, 3.63) is 0 Å². The summed E-state index contributed by atoms with van der Waals surface area (Å²) < 4.78 is 4.89. The van der Waals surface area contributed by atoms with E-state index in [9.17, 15) is 9.59 Å². The normalized spacial score (nSPS) is 13.9. The second-order valence-electron chi connectivity index (χ2n) is 13.5. The lowest BCUT2D eigenvalue weighted by Crippen LogP contribution is -2.40. The molecule has 37 heavy (non-hydrogen) atoms. The fourth-order valence-electron chi connectivity index (χ4n) is 2.57. The molecule has 0 N–H and O–H groups in total. The molecule has 0 aliphatic carbocycles. The molecular weight excluding hydrogens is 484 g/mol. The number of carbonyl (C=O) groups excluding carboxylic acids is 2. The number of carbonyl (C=O) groups is 2. The van der Waals surface area contributed by atoms with Crippen molar-refractivity contribution in [2.45, 2.75) is 146 Å². The van der Waals surface area contributed by atoms with Gasteiger partial charge in [0.15, 0.2) is 0 Å². The molecule has 0 saturated carbocycles. The Hall–Kier alpha value is -1.30. The van der Waals surface area contributed by atoms with Crippen LogP contribution in [0.25, 0.3) is 0 Å². The number of hydrogen-bond donors (Lipinski definition) is 0. The number of esters is 1. The maximum absolute atomic E-state index is 11.6. The Morgan fingerprint density at radius 2 is 1.08 bits per heavy atom. The SMILES string of the molecule is CC(CC(=O)OOOC(C)(C)C)CC(C)(C)C.CCOC(=O)CC(C)(OOC(C)(C)C)OOC(C)(C)C.